The van der Waals surface area contributed by atoms with Gasteiger partial charge in [0.1, 0.15) is 0 Å². The maximum absolute atomic E-state index is 11.1. The van der Waals surface area contributed by atoms with Gasteiger partial charge in [-0.1, -0.05) is 26.7 Å². The fourth-order valence-corrected chi connectivity index (χ4v) is 3.12. The molecule has 4 heteroatoms. The van der Waals surface area contributed by atoms with Gasteiger partial charge in [-0.05, 0) is 31.7 Å². The van der Waals surface area contributed by atoms with Crippen molar-refractivity contribution in [3.63, 3.8) is 0 Å². The van der Waals surface area contributed by atoms with Crippen LogP contribution >= 0.6 is 0 Å². The predicted molar refractivity (Wildman–Crippen MR) is 71.6 cm³/mol. The van der Waals surface area contributed by atoms with Gasteiger partial charge in [-0.25, -0.2) is 0 Å². The third kappa shape index (κ3) is 3.99. The van der Waals surface area contributed by atoms with E-state index in [2.05, 4.69) is 17.9 Å². The minimum atomic E-state index is -0.300. The van der Waals surface area contributed by atoms with Gasteiger partial charge < -0.3 is 5.73 Å². The summed E-state index contributed by atoms with van der Waals surface area (Å²) >= 11 is 0. The molecule has 0 aromatic rings. The van der Waals surface area contributed by atoms with Crippen LogP contribution < -0.4 is 5.73 Å². The molecule has 0 aliphatic heterocycles. The molecular weight excluding hydrogens is 226 g/mol. The van der Waals surface area contributed by atoms with Gasteiger partial charge >= 0.3 is 0 Å². The summed E-state index contributed by atoms with van der Waals surface area (Å²) in [5.41, 5.74) is 5.29. The number of hydrogen-bond donors (Lipinski definition) is 1. The van der Waals surface area contributed by atoms with Crippen LogP contribution in [0.1, 0.15) is 46.0 Å². The van der Waals surface area contributed by atoms with E-state index in [4.69, 9.17) is 5.73 Å². The van der Waals surface area contributed by atoms with Gasteiger partial charge in [0.05, 0.1) is 18.5 Å². The first-order valence-corrected chi connectivity index (χ1v) is 7.04. The van der Waals surface area contributed by atoms with Gasteiger partial charge in [0.25, 0.3) is 0 Å². The third-order valence-electron chi connectivity index (χ3n) is 4.02. The number of primary amides is 1. The zero-order valence-corrected chi connectivity index (χ0v) is 11.6. The molecule has 1 saturated carbocycles. The molecule has 0 aromatic heterocycles. The molecule has 0 radical (unpaired) electrons. The zero-order valence-electron chi connectivity index (χ0n) is 11.6. The molecule has 0 heterocycles. The molecule has 0 bridgehead atoms. The van der Waals surface area contributed by atoms with Gasteiger partial charge in [0.15, 0.2) is 0 Å². The van der Waals surface area contributed by atoms with Crippen molar-refractivity contribution < 1.29 is 4.79 Å². The van der Waals surface area contributed by atoms with Crippen molar-refractivity contribution in [3.05, 3.63) is 0 Å². The summed E-state index contributed by atoms with van der Waals surface area (Å²) in [7, 11) is 0. The van der Waals surface area contributed by atoms with Gasteiger partial charge in [-0.3, -0.25) is 9.69 Å². The second kappa shape index (κ2) is 7.38. The fourth-order valence-electron chi connectivity index (χ4n) is 3.12. The lowest BCUT2D eigenvalue weighted by Crippen LogP contribution is -2.47. The molecule has 0 spiro atoms. The largest absolute Gasteiger partial charge is 0.369 e. The molecule has 1 aliphatic rings. The number of nitriles is 1. The van der Waals surface area contributed by atoms with E-state index < -0.39 is 0 Å². The summed E-state index contributed by atoms with van der Waals surface area (Å²) in [4.78, 5) is 13.2. The molecule has 1 fully saturated rings. The van der Waals surface area contributed by atoms with Crippen LogP contribution in [0.5, 0.6) is 0 Å². The van der Waals surface area contributed by atoms with Gasteiger partial charge in [-0.2, -0.15) is 5.26 Å². The Labute approximate surface area is 110 Å². The van der Waals surface area contributed by atoms with E-state index in [1.165, 1.54) is 12.8 Å². The summed E-state index contributed by atoms with van der Waals surface area (Å²) in [5, 5.41) is 9.26. The van der Waals surface area contributed by atoms with Crippen LogP contribution in [0.4, 0.5) is 0 Å². The number of rotatable bonds is 6. The van der Waals surface area contributed by atoms with Crippen LogP contribution in [0.2, 0.25) is 0 Å². The Morgan fingerprint density at radius 1 is 1.44 bits per heavy atom. The van der Waals surface area contributed by atoms with Crippen molar-refractivity contribution in [1.29, 1.82) is 5.26 Å². The molecule has 1 aliphatic carbocycles. The normalized spacial score (nSPS) is 28.0. The number of carbonyl (C=O) groups excluding carboxylic acids is 1. The Kier molecular flexibility index (Phi) is 6.14. The summed E-state index contributed by atoms with van der Waals surface area (Å²) in [6.07, 6.45) is 5.56. The maximum Gasteiger partial charge on any atom is 0.231 e. The van der Waals surface area contributed by atoms with Crippen molar-refractivity contribution in [2.75, 3.05) is 13.1 Å². The second-order valence-corrected chi connectivity index (χ2v) is 5.30. The summed E-state index contributed by atoms with van der Waals surface area (Å²) in [5.74, 6) is 0.454. The number of hydrogen-bond acceptors (Lipinski definition) is 3. The van der Waals surface area contributed by atoms with E-state index in [0.29, 0.717) is 5.92 Å². The van der Waals surface area contributed by atoms with Crippen molar-refractivity contribution in [3.8, 4) is 6.07 Å². The zero-order chi connectivity index (χ0) is 13.5. The van der Waals surface area contributed by atoms with E-state index in [9.17, 15) is 10.1 Å². The van der Waals surface area contributed by atoms with Gasteiger partial charge in [0, 0.05) is 6.04 Å². The van der Waals surface area contributed by atoms with Crippen molar-refractivity contribution in [2.24, 2.45) is 17.6 Å². The monoisotopic (exact) mass is 251 g/mol. The van der Waals surface area contributed by atoms with Crippen LogP contribution in [0.25, 0.3) is 0 Å². The topological polar surface area (TPSA) is 70.1 Å². The fraction of sp³-hybridized carbons (Fsp3) is 0.857. The lowest BCUT2D eigenvalue weighted by molar-refractivity contribution is -0.120. The molecule has 0 saturated heterocycles. The molecule has 3 atom stereocenters. The summed E-state index contributed by atoms with van der Waals surface area (Å²) in [6, 6.07) is 2.62. The molecule has 1 rings (SSSR count). The molecule has 4 nitrogen and oxygen atoms in total. The van der Waals surface area contributed by atoms with E-state index in [1.54, 1.807) is 0 Å². The molecule has 102 valence electrons. The lowest BCUT2D eigenvalue weighted by Gasteiger charge is -2.39. The van der Waals surface area contributed by atoms with Crippen molar-refractivity contribution in [2.45, 2.75) is 52.0 Å². The number of likely N-dealkylation sites (N-methyl/N-ethyl adjacent to an activating group) is 1. The van der Waals surface area contributed by atoms with Crippen LogP contribution in [0, 0.1) is 23.2 Å². The van der Waals surface area contributed by atoms with Crippen LogP contribution in [0.15, 0.2) is 0 Å². The van der Waals surface area contributed by atoms with E-state index in [0.717, 1.165) is 25.8 Å². The Morgan fingerprint density at radius 3 is 2.67 bits per heavy atom. The molecule has 18 heavy (non-hydrogen) atoms. The minimum Gasteiger partial charge on any atom is -0.369 e. The number of amides is 1. The second-order valence-electron chi connectivity index (χ2n) is 5.30. The van der Waals surface area contributed by atoms with Gasteiger partial charge in [0.2, 0.25) is 5.91 Å². The minimum absolute atomic E-state index is 0.0532. The first-order valence-electron chi connectivity index (χ1n) is 7.04. The molecule has 2 N–H and O–H groups in total. The average molecular weight is 251 g/mol. The van der Waals surface area contributed by atoms with E-state index >= 15 is 0 Å². The van der Waals surface area contributed by atoms with Crippen molar-refractivity contribution >= 4 is 5.91 Å². The van der Waals surface area contributed by atoms with Gasteiger partial charge in [-0.15, -0.1) is 0 Å². The molecule has 1 amide bonds. The molecule has 0 aromatic carbocycles. The molecular formula is C14H25N3O. The predicted octanol–water partition coefficient (Wildman–Crippen LogP) is 1.90. The number of nitrogens with two attached hydrogens (primary N) is 1. The Hall–Kier alpha value is -1.08. The SMILES string of the molecule is CCCC1CCC(C#N)C(N(CC)CC(N)=O)C1. The highest BCUT2D eigenvalue weighted by Gasteiger charge is 2.34. The highest BCUT2D eigenvalue weighted by atomic mass is 16.1. The van der Waals surface area contributed by atoms with E-state index in [-0.39, 0.29) is 24.4 Å². The van der Waals surface area contributed by atoms with E-state index in [1.807, 2.05) is 6.92 Å². The lowest BCUT2D eigenvalue weighted by atomic mass is 9.76. The number of nitrogens with zero attached hydrogens (tertiary/aromatic N) is 2. The Bertz CT molecular complexity index is 311. The van der Waals surface area contributed by atoms with Crippen LogP contribution in [0.3, 0.4) is 0 Å². The van der Waals surface area contributed by atoms with Crippen molar-refractivity contribution in [1.82, 2.24) is 4.90 Å². The Balaban J connectivity index is 2.71. The highest BCUT2D eigenvalue weighted by Crippen LogP contribution is 2.34. The smallest absolute Gasteiger partial charge is 0.231 e. The standard InChI is InChI=1S/C14H25N3O/c1-3-5-11-6-7-12(9-15)13(8-11)17(4-2)10-14(16)18/h11-13H,3-8,10H2,1-2H3,(H2,16,18). The van der Waals surface area contributed by atoms with Crippen LogP contribution in [-0.2, 0) is 4.79 Å². The highest BCUT2D eigenvalue weighted by molar-refractivity contribution is 5.75. The average Bonchev–Trinajstić information content (AvgIpc) is 2.36. The summed E-state index contributed by atoms with van der Waals surface area (Å²) in [6.45, 7) is 5.29. The summed E-state index contributed by atoms with van der Waals surface area (Å²) < 4.78 is 0. The number of carbonyl (C=O) groups is 1. The maximum atomic E-state index is 11.1. The quantitative estimate of drug-likeness (QED) is 0.783. The third-order valence-corrected chi connectivity index (χ3v) is 4.02. The first kappa shape index (κ1) is 15.0. The van der Waals surface area contributed by atoms with Crippen LogP contribution in [-0.4, -0.2) is 29.9 Å². The Morgan fingerprint density at radius 2 is 2.17 bits per heavy atom. The molecule has 3 unspecified atom stereocenters. The first-order chi connectivity index (χ1) is 8.62.